The molecule has 0 radical (unpaired) electrons. The van der Waals surface area contributed by atoms with Gasteiger partial charge < -0.3 is 14.9 Å². The first-order chi connectivity index (χ1) is 4.27. The Bertz CT molecular complexity index is 151. The van der Waals surface area contributed by atoms with Gasteiger partial charge in [0.05, 0.1) is 0 Å². The van der Waals surface area contributed by atoms with Crippen molar-refractivity contribution >= 4 is 7.82 Å². The van der Waals surface area contributed by atoms with E-state index in [9.17, 15) is 4.57 Å². The van der Waals surface area contributed by atoms with Crippen molar-refractivity contribution in [2.24, 2.45) is 5.73 Å². The average molecular weight is 171 g/mol. The van der Waals surface area contributed by atoms with Crippen LogP contribution in [0.1, 0.15) is 13.3 Å². The largest absolute Gasteiger partial charge is 0.473 e. The van der Waals surface area contributed by atoms with Crippen LogP contribution in [0.3, 0.4) is 0 Å². The van der Waals surface area contributed by atoms with Crippen LogP contribution in [0.5, 0.6) is 0 Å². The third-order valence-electron chi connectivity index (χ3n) is 0.784. The van der Waals surface area contributed by atoms with Gasteiger partial charge >= 0.3 is 7.82 Å². The van der Waals surface area contributed by atoms with Crippen molar-refractivity contribution in [1.82, 2.24) is 0 Å². The minimum Gasteiger partial charge on any atom is -0.353 e. The van der Waals surface area contributed by atoms with Crippen LogP contribution in [-0.4, -0.2) is 20.8 Å². The summed E-state index contributed by atoms with van der Waals surface area (Å²) in [5.74, 6) is -2.24. The maximum atomic E-state index is 10.0. The summed E-state index contributed by atoms with van der Waals surface area (Å²) in [6.45, 7) is 1.43. The van der Waals surface area contributed by atoms with Crippen LogP contribution in [0, 0.1) is 0 Å². The molecule has 0 aromatic rings. The lowest BCUT2D eigenvalue weighted by Gasteiger charge is -2.20. The highest BCUT2D eigenvalue weighted by Crippen LogP contribution is 2.39. The van der Waals surface area contributed by atoms with Crippen LogP contribution in [0.25, 0.3) is 0 Å². The van der Waals surface area contributed by atoms with Crippen molar-refractivity contribution in [3.63, 3.8) is 0 Å². The van der Waals surface area contributed by atoms with E-state index in [-0.39, 0.29) is 6.42 Å². The SMILES string of the molecule is CCC(N)(O)OP(=O)(O)O. The summed E-state index contributed by atoms with van der Waals surface area (Å²) < 4.78 is 13.8. The van der Waals surface area contributed by atoms with Crippen LogP contribution in [0.15, 0.2) is 0 Å². The normalized spacial score (nSPS) is 18.5. The zero-order valence-electron chi connectivity index (χ0n) is 5.39. The van der Waals surface area contributed by atoms with Gasteiger partial charge in [-0.05, 0) is 0 Å². The highest BCUT2D eigenvalue weighted by atomic mass is 31.2. The zero-order chi connectivity index (χ0) is 8.41. The Kier molecular flexibility index (Phi) is 2.97. The highest BCUT2D eigenvalue weighted by molar-refractivity contribution is 7.46. The maximum Gasteiger partial charge on any atom is 0.473 e. The molecule has 0 aromatic carbocycles. The topological polar surface area (TPSA) is 113 Å². The minimum atomic E-state index is -4.68. The molecule has 0 saturated carbocycles. The fourth-order valence-electron chi connectivity index (χ4n) is 0.270. The molecular weight excluding hydrogens is 161 g/mol. The van der Waals surface area contributed by atoms with Crippen LogP contribution in [0.4, 0.5) is 0 Å². The molecule has 0 amide bonds. The zero-order valence-corrected chi connectivity index (χ0v) is 6.28. The van der Waals surface area contributed by atoms with E-state index in [4.69, 9.17) is 20.6 Å². The summed E-state index contributed by atoms with van der Waals surface area (Å²) in [6.07, 6.45) is -0.0991. The molecule has 0 heterocycles. The number of phosphoric acid groups is 1. The third-order valence-corrected chi connectivity index (χ3v) is 1.34. The first kappa shape index (κ1) is 10.0. The molecule has 0 aliphatic rings. The Morgan fingerprint density at radius 2 is 2.10 bits per heavy atom. The van der Waals surface area contributed by atoms with E-state index < -0.39 is 13.7 Å². The summed E-state index contributed by atoms with van der Waals surface area (Å²) >= 11 is 0. The van der Waals surface area contributed by atoms with Gasteiger partial charge in [0.25, 0.3) is 0 Å². The molecule has 10 heavy (non-hydrogen) atoms. The molecular formula is C3H10NO5P. The van der Waals surface area contributed by atoms with Gasteiger partial charge in [-0.1, -0.05) is 6.92 Å². The lowest BCUT2D eigenvalue weighted by molar-refractivity contribution is -0.146. The molecule has 0 saturated heterocycles. The van der Waals surface area contributed by atoms with Gasteiger partial charge in [0.15, 0.2) is 0 Å². The second-order valence-corrected chi connectivity index (χ2v) is 2.94. The lowest BCUT2D eigenvalue weighted by Crippen LogP contribution is -2.40. The Morgan fingerprint density at radius 3 is 2.20 bits per heavy atom. The molecule has 0 aromatic heterocycles. The van der Waals surface area contributed by atoms with Crippen LogP contribution in [-0.2, 0) is 9.09 Å². The van der Waals surface area contributed by atoms with E-state index in [2.05, 4.69) is 4.52 Å². The number of hydrogen-bond acceptors (Lipinski definition) is 4. The first-order valence-electron chi connectivity index (χ1n) is 2.54. The first-order valence-corrected chi connectivity index (χ1v) is 4.07. The molecule has 0 aliphatic carbocycles. The summed E-state index contributed by atoms with van der Waals surface area (Å²) in [4.78, 5) is 16.3. The predicted molar refractivity (Wildman–Crippen MR) is 32.6 cm³/mol. The maximum absolute atomic E-state index is 10.0. The summed E-state index contributed by atoms with van der Waals surface area (Å²) in [5.41, 5.74) is 4.84. The van der Waals surface area contributed by atoms with E-state index in [0.29, 0.717) is 0 Å². The number of nitrogens with two attached hydrogens (primary N) is 1. The van der Waals surface area contributed by atoms with Crippen LogP contribution >= 0.6 is 7.82 Å². The molecule has 1 unspecified atom stereocenters. The smallest absolute Gasteiger partial charge is 0.353 e. The number of phosphoric ester groups is 1. The van der Waals surface area contributed by atoms with E-state index in [1.807, 2.05) is 0 Å². The van der Waals surface area contributed by atoms with Gasteiger partial charge in [0, 0.05) is 6.42 Å². The standard InChI is InChI=1S/C3H10NO5P/c1-2-3(4,5)9-10(6,7)8/h5H,2,4H2,1H3,(H2,6,7,8). The van der Waals surface area contributed by atoms with Gasteiger partial charge in [0.1, 0.15) is 0 Å². The van der Waals surface area contributed by atoms with Gasteiger partial charge in [0.2, 0.25) is 5.91 Å². The Labute approximate surface area is 57.9 Å². The molecule has 62 valence electrons. The Morgan fingerprint density at radius 1 is 1.70 bits per heavy atom. The number of aliphatic hydroxyl groups is 1. The summed E-state index contributed by atoms with van der Waals surface area (Å²) in [6, 6.07) is 0. The van der Waals surface area contributed by atoms with Gasteiger partial charge in [-0.15, -0.1) is 0 Å². The van der Waals surface area contributed by atoms with Crippen molar-refractivity contribution in [3.05, 3.63) is 0 Å². The van der Waals surface area contributed by atoms with Crippen molar-refractivity contribution in [1.29, 1.82) is 0 Å². The fourth-order valence-corrected chi connectivity index (χ4v) is 0.811. The second-order valence-electron chi connectivity index (χ2n) is 1.78. The second kappa shape index (κ2) is 2.96. The molecule has 0 bridgehead atoms. The predicted octanol–water partition coefficient (Wildman–Crippen LogP) is -0.890. The van der Waals surface area contributed by atoms with Crippen molar-refractivity contribution < 1.29 is 24.0 Å². The average Bonchev–Trinajstić information content (AvgIpc) is 1.60. The van der Waals surface area contributed by atoms with E-state index in [1.54, 1.807) is 0 Å². The van der Waals surface area contributed by atoms with Crippen molar-refractivity contribution in [3.8, 4) is 0 Å². The van der Waals surface area contributed by atoms with Crippen molar-refractivity contribution in [2.75, 3.05) is 0 Å². The third kappa shape index (κ3) is 4.87. The monoisotopic (exact) mass is 171 g/mol. The Hall–Kier alpha value is 0.0300. The molecule has 5 N–H and O–H groups in total. The highest BCUT2D eigenvalue weighted by Gasteiger charge is 2.29. The van der Waals surface area contributed by atoms with Gasteiger partial charge in [-0.3, -0.25) is 5.73 Å². The number of rotatable bonds is 3. The van der Waals surface area contributed by atoms with Gasteiger partial charge in [-0.25, -0.2) is 9.09 Å². The van der Waals surface area contributed by atoms with Crippen LogP contribution < -0.4 is 5.73 Å². The minimum absolute atomic E-state index is 0.0991. The Balaban J connectivity index is 4.02. The molecule has 0 fully saturated rings. The lowest BCUT2D eigenvalue weighted by atomic mass is 10.4. The molecule has 1 atom stereocenters. The van der Waals surface area contributed by atoms with Crippen LogP contribution in [0.2, 0.25) is 0 Å². The number of hydrogen-bond donors (Lipinski definition) is 4. The van der Waals surface area contributed by atoms with E-state index >= 15 is 0 Å². The molecule has 6 nitrogen and oxygen atoms in total. The molecule has 7 heteroatoms. The molecule has 0 aliphatic heterocycles. The molecule has 0 rings (SSSR count). The van der Waals surface area contributed by atoms with E-state index in [0.717, 1.165) is 0 Å². The molecule has 0 spiro atoms. The summed E-state index contributed by atoms with van der Waals surface area (Å²) in [7, 11) is -4.68. The summed E-state index contributed by atoms with van der Waals surface area (Å²) in [5, 5.41) is 8.72. The van der Waals surface area contributed by atoms with Crippen molar-refractivity contribution in [2.45, 2.75) is 19.3 Å². The quantitative estimate of drug-likeness (QED) is 0.323. The van der Waals surface area contributed by atoms with E-state index in [1.165, 1.54) is 6.92 Å². The fraction of sp³-hybridized carbons (Fsp3) is 1.00. The van der Waals surface area contributed by atoms with Gasteiger partial charge in [-0.2, -0.15) is 0 Å².